The molecule has 0 N–H and O–H groups in total. The van der Waals surface area contributed by atoms with Crippen LogP contribution in [0.2, 0.25) is 0 Å². The maximum absolute atomic E-state index is 6.79. The van der Waals surface area contributed by atoms with Crippen LogP contribution in [0.4, 0.5) is 0 Å². The van der Waals surface area contributed by atoms with E-state index in [-0.39, 0.29) is 0 Å². The van der Waals surface area contributed by atoms with Crippen LogP contribution in [0.15, 0.2) is 215 Å². The molecule has 330 valence electrons. The van der Waals surface area contributed by atoms with E-state index in [0.717, 1.165) is 77.3 Å². The molecule has 0 saturated heterocycles. The highest BCUT2D eigenvalue weighted by Gasteiger charge is 2.29. The molecule has 0 radical (unpaired) electrons. The van der Waals surface area contributed by atoms with Gasteiger partial charge in [0.05, 0.1) is 66.5 Å². The third kappa shape index (κ3) is 4.05. The molecule has 0 atom stereocenters. The van der Waals surface area contributed by atoms with Crippen LogP contribution in [-0.4, -0.2) is 17.9 Å². The molecule has 0 fully saturated rings. The van der Waals surface area contributed by atoms with Crippen molar-refractivity contribution >= 4 is 164 Å². The van der Waals surface area contributed by atoms with Crippen molar-refractivity contribution in [2.75, 3.05) is 0 Å². The molecule has 19 rings (SSSR count). The summed E-state index contributed by atoms with van der Waals surface area (Å²) >= 11 is 0. The average molecular weight is 915 g/mol. The molecule has 8 heterocycles. The topological polar surface area (TPSA) is 45.0 Å². The number of fused-ring (bicyclic) bond motifs is 26. The van der Waals surface area contributed by atoms with Crippen molar-refractivity contribution in [3.05, 3.63) is 206 Å². The zero-order chi connectivity index (χ0) is 46.2. The van der Waals surface area contributed by atoms with E-state index in [1.807, 2.05) is 0 Å². The van der Waals surface area contributed by atoms with Gasteiger partial charge in [-0.2, -0.15) is 0 Å². The SMILES string of the molecule is c1ccc2c(c1)oc1c(-n3c4ccccc4c4c5c6cc7c(cc6n6c8ccccc8c(cc43)c56)c3c4c5ccccc5n(-c5cccc6c5oc5ccccc56)c4cc4c5ccccc5n7c43)cccc12. The van der Waals surface area contributed by atoms with E-state index in [1.54, 1.807) is 0 Å². The second-order valence-corrected chi connectivity index (χ2v) is 19.9. The van der Waals surface area contributed by atoms with E-state index in [2.05, 4.69) is 224 Å². The predicted octanol–water partition coefficient (Wildman–Crippen LogP) is 18.0. The van der Waals surface area contributed by atoms with E-state index in [4.69, 9.17) is 8.83 Å². The van der Waals surface area contributed by atoms with E-state index in [0.29, 0.717) is 0 Å². The molecule has 0 aliphatic carbocycles. The van der Waals surface area contributed by atoms with Gasteiger partial charge in [0.2, 0.25) is 0 Å². The Hall–Kier alpha value is -9.78. The van der Waals surface area contributed by atoms with Gasteiger partial charge in [0.25, 0.3) is 0 Å². The van der Waals surface area contributed by atoms with Gasteiger partial charge < -0.3 is 26.8 Å². The molecule has 0 aliphatic heterocycles. The van der Waals surface area contributed by atoms with E-state index < -0.39 is 0 Å². The van der Waals surface area contributed by atoms with E-state index in [1.165, 1.54) is 97.7 Å². The first-order valence-electron chi connectivity index (χ1n) is 24.8. The monoisotopic (exact) mass is 914 g/mol. The summed E-state index contributed by atoms with van der Waals surface area (Å²) in [7, 11) is 0. The van der Waals surface area contributed by atoms with Crippen molar-refractivity contribution < 1.29 is 8.83 Å². The predicted molar refractivity (Wildman–Crippen MR) is 299 cm³/mol. The molecule has 11 aromatic carbocycles. The number of rotatable bonds is 2. The van der Waals surface area contributed by atoms with Crippen LogP contribution in [-0.2, 0) is 0 Å². The highest BCUT2D eigenvalue weighted by molar-refractivity contribution is 6.40. The van der Waals surface area contributed by atoms with Gasteiger partial charge in [-0.25, -0.2) is 0 Å². The highest BCUT2D eigenvalue weighted by Crippen LogP contribution is 2.52. The van der Waals surface area contributed by atoms with Crippen molar-refractivity contribution in [2.45, 2.75) is 0 Å². The van der Waals surface area contributed by atoms with Gasteiger partial charge in [0, 0.05) is 86.2 Å². The lowest BCUT2D eigenvalue weighted by Gasteiger charge is -2.09. The van der Waals surface area contributed by atoms with Crippen LogP contribution in [0.5, 0.6) is 0 Å². The lowest BCUT2D eigenvalue weighted by atomic mass is 9.99. The van der Waals surface area contributed by atoms with Crippen molar-refractivity contribution in [1.29, 1.82) is 0 Å². The highest BCUT2D eigenvalue weighted by atomic mass is 16.3. The number of nitrogens with zero attached hydrogens (tertiary/aromatic N) is 4. The molecule has 0 unspecified atom stereocenters. The summed E-state index contributed by atoms with van der Waals surface area (Å²) in [6, 6.07) is 75.7. The molecular weight excluding hydrogens is 881 g/mol. The Balaban J connectivity index is 1.02. The normalized spacial score (nSPS) is 13.0. The van der Waals surface area contributed by atoms with Gasteiger partial charge in [0.15, 0.2) is 11.2 Å². The van der Waals surface area contributed by atoms with Gasteiger partial charge in [-0.15, -0.1) is 0 Å². The quantitative estimate of drug-likeness (QED) is 0.173. The third-order valence-corrected chi connectivity index (χ3v) is 16.6. The summed E-state index contributed by atoms with van der Waals surface area (Å²) in [5, 5.41) is 19.4. The molecule has 0 amide bonds. The maximum Gasteiger partial charge on any atom is 0.159 e. The number of hydrogen-bond acceptors (Lipinski definition) is 2. The Labute approximate surface area is 406 Å². The van der Waals surface area contributed by atoms with Crippen molar-refractivity contribution in [3.63, 3.8) is 0 Å². The first-order chi connectivity index (χ1) is 35.8. The van der Waals surface area contributed by atoms with Gasteiger partial charge in [-0.3, -0.25) is 0 Å². The standard InChI is InChI=1S/C66H34N4O2/c1-7-23-47-35(15-1)43-31-55-59(41-19-3-9-25-49(41)67(55)51-27-13-21-39-37-17-5-11-29-57(37)71-65(39)51)61-45-34-54-46(33-53(45)69(47)63(43)61)62-60-42-20-4-10-26-50(42)68(52-28-14-22-40-38-18-6-12-30-58(38)72-66(40)52)56(60)32-44-36-16-2-8-24-48(36)70(54)64(44)62/h1-34H. The molecule has 0 aliphatic rings. The largest absolute Gasteiger partial charge is 0.454 e. The molecule has 0 bridgehead atoms. The number of furan rings is 2. The van der Waals surface area contributed by atoms with Gasteiger partial charge in [0.1, 0.15) is 11.2 Å². The van der Waals surface area contributed by atoms with Crippen LogP contribution in [0.3, 0.4) is 0 Å². The molecule has 0 saturated carbocycles. The van der Waals surface area contributed by atoms with Crippen LogP contribution in [0, 0.1) is 0 Å². The second kappa shape index (κ2) is 12.3. The lowest BCUT2D eigenvalue weighted by Crippen LogP contribution is -1.94. The third-order valence-electron chi connectivity index (χ3n) is 16.6. The fourth-order valence-electron chi connectivity index (χ4n) is 13.9. The minimum absolute atomic E-state index is 0.890. The summed E-state index contributed by atoms with van der Waals surface area (Å²) in [5.74, 6) is 0. The Bertz CT molecular complexity index is 5300. The molecule has 8 aromatic heterocycles. The van der Waals surface area contributed by atoms with Crippen LogP contribution < -0.4 is 0 Å². The van der Waals surface area contributed by atoms with E-state index >= 15 is 0 Å². The fourth-order valence-corrected chi connectivity index (χ4v) is 13.9. The second-order valence-electron chi connectivity index (χ2n) is 19.9. The van der Waals surface area contributed by atoms with Crippen molar-refractivity contribution in [3.8, 4) is 11.4 Å². The van der Waals surface area contributed by atoms with Gasteiger partial charge in [-0.1, -0.05) is 133 Å². The number of benzene rings is 11. The summed E-state index contributed by atoms with van der Waals surface area (Å²) in [4.78, 5) is 0. The first-order valence-corrected chi connectivity index (χ1v) is 24.8. The number of hydrogen-bond donors (Lipinski definition) is 0. The smallest absolute Gasteiger partial charge is 0.159 e. The summed E-state index contributed by atoms with van der Waals surface area (Å²) in [5.41, 5.74) is 17.6. The zero-order valence-corrected chi connectivity index (χ0v) is 38.2. The van der Waals surface area contributed by atoms with E-state index in [9.17, 15) is 0 Å². The van der Waals surface area contributed by atoms with Crippen LogP contribution in [0.1, 0.15) is 0 Å². The minimum atomic E-state index is 0.890. The lowest BCUT2D eigenvalue weighted by molar-refractivity contribution is 0.666. The Kier molecular flexibility index (Phi) is 6.20. The Morgan fingerprint density at radius 3 is 1.06 bits per heavy atom. The molecule has 72 heavy (non-hydrogen) atoms. The number of para-hydroxylation sites is 8. The van der Waals surface area contributed by atoms with Crippen molar-refractivity contribution in [2.24, 2.45) is 0 Å². The molecule has 19 aromatic rings. The Morgan fingerprint density at radius 1 is 0.236 bits per heavy atom. The van der Waals surface area contributed by atoms with Gasteiger partial charge >= 0.3 is 0 Å². The average Bonchev–Trinajstić information content (AvgIpc) is 4.32. The van der Waals surface area contributed by atoms with Crippen molar-refractivity contribution in [1.82, 2.24) is 17.9 Å². The molecule has 6 nitrogen and oxygen atoms in total. The summed E-state index contributed by atoms with van der Waals surface area (Å²) in [6.07, 6.45) is 0. The molecule has 6 heteroatoms. The summed E-state index contributed by atoms with van der Waals surface area (Å²) < 4.78 is 23.6. The minimum Gasteiger partial charge on any atom is -0.454 e. The molecule has 0 spiro atoms. The summed E-state index contributed by atoms with van der Waals surface area (Å²) in [6.45, 7) is 0. The number of aromatic nitrogens is 4. The zero-order valence-electron chi connectivity index (χ0n) is 38.2. The van der Waals surface area contributed by atoms with Crippen LogP contribution >= 0.6 is 0 Å². The van der Waals surface area contributed by atoms with Crippen LogP contribution in [0.25, 0.3) is 175 Å². The molecular formula is C66H34N4O2. The first kappa shape index (κ1) is 36.2. The Morgan fingerprint density at radius 2 is 0.597 bits per heavy atom. The fraction of sp³-hybridized carbons (Fsp3) is 0. The maximum atomic E-state index is 6.79. The van der Waals surface area contributed by atoms with Gasteiger partial charge in [-0.05, 0) is 72.8 Å².